The maximum Gasteiger partial charge on any atom is 0.185 e. The first-order valence-corrected chi connectivity index (χ1v) is 6.62. The molecule has 112 valence electrons. The molecule has 4 N–H and O–H groups in total. The van der Waals surface area contributed by atoms with Crippen molar-refractivity contribution in [2.24, 2.45) is 0 Å². The van der Waals surface area contributed by atoms with Gasteiger partial charge in [-0.1, -0.05) is 17.7 Å². The number of aliphatic hydroxyl groups excluding tert-OH is 3. The number of halogens is 1. The number of methoxy groups -OCH3 is 1. The van der Waals surface area contributed by atoms with Crippen LogP contribution in [0.5, 0.6) is 0 Å². The quantitative estimate of drug-likeness (QED) is 0.635. The molecule has 2 rings (SSSR count). The SMILES string of the molecule is CO[C@@H]1O[C@H](CO)[C@H](O)[C@H](Nc2cccc(Cl)c2)[C@H]1O. The molecule has 6 nitrogen and oxygen atoms in total. The zero-order chi connectivity index (χ0) is 14.7. The van der Waals surface area contributed by atoms with Gasteiger partial charge in [-0.3, -0.25) is 0 Å². The minimum atomic E-state index is -1.09. The van der Waals surface area contributed by atoms with E-state index in [1.165, 1.54) is 7.11 Å². The fourth-order valence-electron chi connectivity index (χ4n) is 2.22. The molecule has 20 heavy (non-hydrogen) atoms. The Hall–Kier alpha value is -0.890. The van der Waals surface area contributed by atoms with Crippen molar-refractivity contribution in [1.82, 2.24) is 0 Å². The molecule has 0 aromatic heterocycles. The fraction of sp³-hybridized carbons (Fsp3) is 0.538. The lowest BCUT2D eigenvalue weighted by Crippen LogP contribution is -2.61. The standard InChI is InChI=1S/C13H18ClNO5/c1-19-13-12(18)10(11(17)9(6-16)20-13)15-8-4-2-3-7(14)5-8/h2-5,9-13,15-18H,6H2,1H3/t9-,10+,11+,12-,13-/m1/s1. The molecule has 0 saturated carbocycles. The summed E-state index contributed by atoms with van der Waals surface area (Å²) >= 11 is 5.89. The van der Waals surface area contributed by atoms with E-state index in [1.807, 2.05) is 0 Å². The van der Waals surface area contributed by atoms with Gasteiger partial charge in [-0.05, 0) is 18.2 Å². The molecule has 1 aliphatic rings. The third-order valence-electron chi connectivity index (χ3n) is 3.27. The summed E-state index contributed by atoms with van der Waals surface area (Å²) in [5, 5.41) is 33.1. The Morgan fingerprint density at radius 3 is 2.70 bits per heavy atom. The van der Waals surface area contributed by atoms with Crippen LogP contribution < -0.4 is 5.32 Å². The Balaban J connectivity index is 2.17. The minimum Gasteiger partial charge on any atom is -0.394 e. The van der Waals surface area contributed by atoms with E-state index in [-0.39, 0.29) is 6.61 Å². The first-order valence-electron chi connectivity index (χ1n) is 6.24. The average Bonchev–Trinajstić information content (AvgIpc) is 2.44. The number of hydrogen-bond donors (Lipinski definition) is 4. The normalized spacial score (nSPS) is 34.0. The molecule has 0 bridgehead atoms. The van der Waals surface area contributed by atoms with E-state index >= 15 is 0 Å². The summed E-state index contributed by atoms with van der Waals surface area (Å²) in [6, 6.07) is 6.16. The Morgan fingerprint density at radius 2 is 2.10 bits per heavy atom. The first-order chi connectivity index (χ1) is 9.56. The molecular weight excluding hydrogens is 286 g/mol. The highest BCUT2D eigenvalue weighted by Crippen LogP contribution is 2.25. The van der Waals surface area contributed by atoms with Crippen LogP contribution in [0.15, 0.2) is 24.3 Å². The van der Waals surface area contributed by atoms with Gasteiger partial charge in [0.2, 0.25) is 0 Å². The van der Waals surface area contributed by atoms with Crippen LogP contribution >= 0.6 is 11.6 Å². The molecule has 1 heterocycles. The van der Waals surface area contributed by atoms with Crippen LogP contribution in [0.1, 0.15) is 0 Å². The second-order valence-electron chi connectivity index (χ2n) is 4.62. The second-order valence-corrected chi connectivity index (χ2v) is 5.06. The van der Waals surface area contributed by atoms with E-state index in [9.17, 15) is 15.3 Å². The largest absolute Gasteiger partial charge is 0.394 e. The monoisotopic (exact) mass is 303 g/mol. The first kappa shape index (κ1) is 15.5. The number of rotatable bonds is 4. The number of anilines is 1. The summed E-state index contributed by atoms with van der Waals surface area (Å²) in [5.41, 5.74) is 0.647. The van der Waals surface area contributed by atoms with Crippen LogP contribution in [0.2, 0.25) is 5.02 Å². The average molecular weight is 304 g/mol. The summed E-state index contributed by atoms with van der Waals surface area (Å²) in [6.45, 7) is -0.374. The molecule has 1 aliphatic heterocycles. The van der Waals surface area contributed by atoms with Gasteiger partial charge in [0.15, 0.2) is 6.29 Å². The lowest BCUT2D eigenvalue weighted by atomic mass is 9.96. The number of hydrogen-bond acceptors (Lipinski definition) is 6. The smallest absolute Gasteiger partial charge is 0.185 e. The van der Waals surface area contributed by atoms with Gasteiger partial charge in [-0.2, -0.15) is 0 Å². The lowest BCUT2D eigenvalue weighted by Gasteiger charge is -2.42. The zero-order valence-electron chi connectivity index (χ0n) is 10.9. The van der Waals surface area contributed by atoms with Crippen molar-refractivity contribution >= 4 is 17.3 Å². The Bertz CT molecular complexity index is 431. The number of nitrogens with one attached hydrogen (secondary N) is 1. The maximum atomic E-state index is 10.2. The number of aliphatic hydroxyl groups is 3. The van der Waals surface area contributed by atoms with Gasteiger partial charge >= 0.3 is 0 Å². The highest BCUT2D eigenvalue weighted by atomic mass is 35.5. The van der Waals surface area contributed by atoms with Crippen LogP contribution in [-0.2, 0) is 9.47 Å². The predicted molar refractivity (Wildman–Crippen MR) is 73.6 cm³/mol. The zero-order valence-corrected chi connectivity index (χ0v) is 11.7. The Morgan fingerprint density at radius 1 is 1.35 bits per heavy atom. The minimum absolute atomic E-state index is 0.374. The molecular formula is C13H18ClNO5. The Labute approximate surface area is 121 Å². The van der Waals surface area contributed by atoms with Crippen LogP contribution in [0.25, 0.3) is 0 Å². The van der Waals surface area contributed by atoms with Gasteiger partial charge in [0.1, 0.15) is 18.3 Å². The molecule has 0 unspecified atom stereocenters. The molecule has 7 heteroatoms. The molecule has 0 radical (unpaired) electrons. The van der Waals surface area contributed by atoms with Gasteiger partial charge in [-0.15, -0.1) is 0 Å². The third kappa shape index (κ3) is 3.22. The van der Waals surface area contributed by atoms with E-state index in [4.69, 9.17) is 21.1 Å². The van der Waals surface area contributed by atoms with Crippen LogP contribution in [0, 0.1) is 0 Å². The second kappa shape index (κ2) is 6.71. The highest BCUT2D eigenvalue weighted by Gasteiger charge is 2.44. The van der Waals surface area contributed by atoms with Gasteiger partial charge < -0.3 is 30.1 Å². The number of ether oxygens (including phenoxy) is 2. The Kier molecular flexibility index (Phi) is 5.20. The van der Waals surface area contributed by atoms with Crippen molar-refractivity contribution in [2.75, 3.05) is 19.0 Å². The highest BCUT2D eigenvalue weighted by molar-refractivity contribution is 6.30. The molecule has 0 amide bonds. The van der Waals surface area contributed by atoms with E-state index < -0.39 is 30.6 Å². The molecule has 5 atom stereocenters. The molecule has 1 aromatic carbocycles. The third-order valence-corrected chi connectivity index (χ3v) is 3.51. The topological polar surface area (TPSA) is 91.2 Å². The van der Waals surface area contributed by atoms with Crippen molar-refractivity contribution in [2.45, 2.75) is 30.6 Å². The molecule has 1 fully saturated rings. The van der Waals surface area contributed by atoms with E-state index in [2.05, 4.69) is 5.32 Å². The van der Waals surface area contributed by atoms with E-state index in [1.54, 1.807) is 24.3 Å². The van der Waals surface area contributed by atoms with E-state index in [0.717, 1.165) is 0 Å². The summed E-state index contributed by atoms with van der Waals surface area (Å²) in [6.07, 6.45) is -3.93. The van der Waals surface area contributed by atoms with Crippen molar-refractivity contribution < 1.29 is 24.8 Å². The van der Waals surface area contributed by atoms with Gasteiger partial charge in [0.25, 0.3) is 0 Å². The molecule has 0 spiro atoms. The van der Waals surface area contributed by atoms with Crippen molar-refractivity contribution in [3.8, 4) is 0 Å². The molecule has 1 aromatic rings. The van der Waals surface area contributed by atoms with Crippen LogP contribution in [0.3, 0.4) is 0 Å². The van der Waals surface area contributed by atoms with Crippen molar-refractivity contribution in [1.29, 1.82) is 0 Å². The number of benzene rings is 1. The van der Waals surface area contributed by atoms with Crippen molar-refractivity contribution in [3.63, 3.8) is 0 Å². The van der Waals surface area contributed by atoms with Gasteiger partial charge in [0.05, 0.1) is 12.6 Å². The summed E-state index contributed by atoms with van der Waals surface area (Å²) < 4.78 is 10.3. The molecule has 1 saturated heterocycles. The van der Waals surface area contributed by atoms with Gasteiger partial charge in [-0.25, -0.2) is 0 Å². The summed E-state index contributed by atoms with van der Waals surface area (Å²) in [5.74, 6) is 0. The predicted octanol–water partition coefficient (Wildman–Crippen LogP) is 0.206. The van der Waals surface area contributed by atoms with Crippen LogP contribution in [-0.4, -0.2) is 59.7 Å². The fourth-order valence-corrected chi connectivity index (χ4v) is 2.41. The lowest BCUT2D eigenvalue weighted by molar-refractivity contribution is -0.265. The van der Waals surface area contributed by atoms with Crippen molar-refractivity contribution in [3.05, 3.63) is 29.3 Å². The van der Waals surface area contributed by atoms with Gasteiger partial charge in [0, 0.05) is 17.8 Å². The maximum absolute atomic E-state index is 10.2. The summed E-state index contributed by atoms with van der Waals surface area (Å²) in [7, 11) is 1.39. The summed E-state index contributed by atoms with van der Waals surface area (Å²) in [4.78, 5) is 0. The van der Waals surface area contributed by atoms with Crippen LogP contribution in [0.4, 0.5) is 5.69 Å². The van der Waals surface area contributed by atoms with E-state index in [0.29, 0.717) is 10.7 Å². The molecule has 0 aliphatic carbocycles.